The second-order valence-corrected chi connectivity index (χ2v) is 6.19. The van der Waals surface area contributed by atoms with Crippen LogP contribution in [0.3, 0.4) is 0 Å². The lowest BCUT2D eigenvalue weighted by molar-refractivity contribution is 0.172. The third-order valence-electron chi connectivity index (χ3n) is 2.40. The molecular formula is C9H16N2O3S. The predicted molar refractivity (Wildman–Crippen MR) is 57.2 cm³/mol. The topological polar surface area (TPSA) is 72.2 Å². The summed E-state index contributed by atoms with van der Waals surface area (Å²) in [5, 5.41) is 13.0. The molecule has 0 radical (unpaired) electrons. The van der Waals surface area contributed by atoms with Gasteiger partial charge in [-0.05, 0) is 13.0 Å². The van der Waals surface area contributed by atoms with Crippen molar-refractivity contribution in [2.75, 3.05) is 6.26 Å². The molecule has 1 heterocycles. The number of aryl methyl sites for hydroxylation is 1. The fourth-order valence-corrected chi connectivity index (χ4v) is 1.90. The minimum atomic E-state index is -3.20. The number of rotatable bonds is 4. The van der Waals surface area contributed by atoms with Gasteiger partial charge in [-0.25, -0.2) is 8.42 Å². The molecule has 0 aliphatic rings. The maximum absolute atomic E-state index is 11.2. The van der Waals surface area contributed by atoms with E-state index in [9.17, 15) is 13.5 Å². The van der Waals surface area contributed by atoms with E-state index < -0.39 is 21.2 Å². The Labute approximate surface area is 89.6 Å². The standard InChI is InChI=1S/C9H16N2O3S/c1-7(15(3,13)14)9(12)6-8-4-5-11(2)10-8/h4-5,7,9,12H,6H2,1-3H3. The van der Waals surface area contributed by atoms with Crippen molar-refractivity contribution in [3.63, 3.8) is 0 Å². The maximum Gasteiger partial charge on any atom is 0.152 e. The number of aliphatic hydroxyl groups excluding tert-OH is 1. The summed E-state index contributed by atoms with van der Waals surface area (Å²) in [6, 6.07) is 1.76. The van der Waals surface area contributed by atoms with Crippen molar-refractivity contribution in [3.05, 3.63) is 18.0 Å². The van der Waals surface area contributed by atoms with E-state index in [0.29, 0.717) is 5.69 Å². The molecule has 0 aromatic carbocycles. The van der Waals surface area contributed by atoms with E-state index in [-0.39, 0.29) is 6.42 Å². The van der Waals surface area contributed by atoms with Gasteiger partial charge < -0.3 is 5.11 Å². The van der Waals surface area contributed by atoms with Gasteiger partial charge in [-0.2, -0.15) is 5.10 Å². The highest BCUT2D eigenvalue weighted by atomic mass is 32.2. The summed E-state index contributed by atoms with van der Waals surface area (Å²) in [7, 11) is -1.43. The van der Waals surface area contributed by atoms with Gasteiger partial charge in [0.2, 0.25) is 0 Å². The van der Waals surface area contributed by atoms with Crippen LogP contribution in [0.2, 0.25) is 0 Å². The Hall–Kier alpha value is -0.880. The van der Waals surface area contributed by atoms with Gasteiger partial charge in [0.05, 0.1) is 17.0 Å². The van der Waals surface area contributed by atoms with Crippen LogP contribution in [-0.4, -0.2) is 40.9 Å². The van der Waals surface area contributed by atoms with E-state index in [1.807, 2.05) is 0 Å². The highest BCUT2D eigenvalue weighted by Crippen LogP contribution is 2.09. The van der Waals surface area contributed by atoms with Crippen LogP contribution in [0.25, 0.3) is 0 Å². The Balaban J connectivity index is 2.68. The molecule has 15 heavy (non-hydrogen) atoms. The summed E-state index contributed by atoms with van der Waals surface area (Å²) in [6.07, 6.45) is 2.23. The van der Waals surface area contributed by atoms with E-state index >= 15 is 0 Å². The molecule has 0 aliphatic heterocycles. The molecule has 2 atom stereocenters. The first-order valence-corrected chi connectivity index (χ1v) is 6.61. The number of hydrogen-bond acceptors (Lipinski definition) is 4. The van der Waals surface area contributed by atoms with Crippen molar-refractivity contribution < 1.29 is 13.5 Å². The average molecular weight is 232 g/mol. The molecule has 1 N–H and O–H groups in total. The van der Waals surface area contributed by atoms with Crippen molar-refractivity contribution in [2.24, 2.45) is 7.05 Å². The summed E-state index contributed by atoms with van der Waals surface area (Å²) in [6.45, 7) is 1.50. The van der Waals surface area contributed by atoms with Crippen LogP contribution in [0.5, 0.6) is 0 Å². The molecule has 2 unspecified atom stereocenters. The van der Waals surface area contributed by atoms with Crippen LogP contribution in [0.15, 0.2) is 12.3 Å². The van der Waals surface area contributed by atoms with Gasteiger partial charge in [0, 0.05) is 25.9 Å². The normalized spacial score (nSPS) is 16.3. The number of aromatic nitrogens is 2. The molecule has 5 nitrogen and oxygen atoms in total. The SMILES string of the molecule is CC(C(O)Cc1ccn(C)n1)S(C)(=O)=O. The third kappa shape index (κ3) is 3.32. The van der Waals surface area contributed by atoms with E-state index in [0.717, 1.165) is 6.26 Å². The molecule has 0 saturated carbocycles. The molecule has 0 fully saturated rings. The first kappa shape index (κ1) is 12.2. The Bertz CT molecular complexity index is 424. The quantitative estimate of drug-likeness (QED) is 0.777. The van der Waals surface area contributed by atoms with Gasteiger partial charge in [-0.15, -0.1) is 0 Å². The van der Waals surface area contributed by atoms with Gasteiger partial charge in [0.25, 0.3) is 0 Å². The van der Waals surface area contributed by atoms with Crippen LogP contribution in [0.1, 0.15) is 12.6 Å². The van der Waals surface area contributed by atoms with Crippen molar-refractivity contribution in [2.45, 2.75) is 24.7 Å². The summed E-state index contributed by atoms with van der Waals surface area (Å²) in [4.78, 5) is 0. The van der Waals surface area contributed by atoms with Gasteiger partial charge in [-0.1, -0.05) is 0 Å². The first-order valence-electron chi connectivity index (χ1n) is 4.66. The van der Waals surface area contributed by atoms with Crippen molar-refractivity contribution in [1.82, 2.24) is 9.78 Å². The molecule has 0 saturated heterocycles. The molecule has 0 amide bonds. The second kappa shape index (κ2) is 4.32. The van der Waals surface area contributed by atoms with Crippen molar-refractivity contribution in [3.8, 4) is 0 Å². The molecule has 1 aromatic rings. The minimum absolute atomic E-state index is 0.259. The second-order valence-electron chi connectivity index (χ2n) is 3.79. The smallest absolute Gasteiger partial charge is 0.152 e. The highest BCUT2D eigenvalue weighted by Gasteiger charge is 2.24. The fourth-order valence-electron chi connectivity index (χ4n) is 1.24. The average Bonchev–Trinajstić information content (AvgIpc) is 2.48. The van der Waals surface area contributed by atoms with Crippen LogP contribution in [0, 0.1) is 0 Å². The maximum atomic E-state index is 11.2. The zero-order valence-corrected chi connectivity index (χ0v) is 9.90. The lowest BCUT2D eigenvalue weighted by Gasteiger charge is -2.15. The van der Waals surface area contributed by atoms with Gasteiger partial charge >= 0.3 is 0 Å². The van der Waals surface area contributed by atoms with Crippen LogP contribution < -0.4 is 0 Å². The Kier molecular flexibility index (Phi) is 3.51. The van der Waals surface area contributed by atoms with E-state index in [2.05, 4.69) is 5.10 Å². The van der Waals surface area contributed by atoms with Gasteiger partial charge in [0.1, 0.15) is 0 Å². The largest absolute Gasteiger partial charge is 0.391 e. The number of aliphatic hydroxyl groups is 1. The Morgan fingerprint density at radius 3 is 2.60 bits per heavy atom. The predicted octanol–water partition coefficient (Wildman–Crippen LogP) is -0.243. The van der Waals surface area contributed by atoms with Gasteiger partial charge in [0.15, 0.2) is 9.84 Å². The molecule has 0 aliphatic carbocycles. The lowest BCUT2D eigenvalue weighted by atomic mass is 10.1. The van der Waals surface area contributed by atoms with E-state index in [1.54, 1.807) is 24.0 Å². The molecule has 1 aromatic heterocycles. The zero-order chi connectivity index (χ0) is 11.6. The molecule has 0 spiro atoms. The molecule has 6 heteroatoms. The molecule has 86 valence electrons. The first-order chi connectivity index (χ1) is 6.80. The van der Waals surface area contributed by atoms with Crippen molar-refractivity contribution in [1.29, 1.82) is 0 Å². The van der Waals surface area contributed by atoms with E-state index in [1.165, 1.54) is 6.92 Å². The van der Waals surface area contributed by atoms with Crippen LogP contribution in [0.4, 0.5) is 0 Å². The zero-order valence-electron chi connectivity index (χ0n) is 9.08. The summed E-state index contributed by atoms with van der Waals surface area (Å²) in [5.74, 6) is 0. The molecule has 0 bridgehead atoms. The number of sulfone groups is 1. The van der Waals surface area contributed by atoms with Gasteiger partial charge in [-0.3, -0.25) is 4.68 Å². The molecular weight excluding hydrogens is 216 g/mol. The summed E-state index contributed by atoms with van der Waals surface area (Å²) in [5.41, 5.74) is 0.695. The Morgan fingerprint density at radius 1 is 1.60 bits per heavy atom. The number of nitrogens with zero attached hydrogens (tertiary/aromatic N) is 2. The minimum Gasteiger partial charge on any atom is -0.391 e. The van der Waals surface area contributed by atoms with E-state index in [4.69, 9.17) is 0 Å². The van der Waals surface area contributed by atoms with Crippen molar-refractivity contribution >= 4 is 9.84 Å². The number of hydrogen-bond donors (Lipinski definition) is 1. The Morgan fingerprint density at radius 2 is 2.20 bits per heavy atom. The fraction of sp³-hybridized carbons (Fsp3) is 0.667. The lowest BCUT2D eigenvalue weighted by Crippen LogP contribution is -2.32. The highest BCUT2D eigenvalue weighted by molar-refractivity contribution is 7.91. The third-order valence-corrected chi connectivity index (χ3v) is 4.07. The summed E-state index contributed by atoms with van der Waals surface area (Å²) >= 11 is 0. The monoisotopic (exact) mass is 232 g/mol. The van der Waals surface area contributed by atoms with Crippen LogP contribution in [-0.2, 0) is 23.3 Å². The summed E-state index contributed by atoms with van der Waals surface area (Å²) < 4.78 is 24.0. The molecule has 1 rings (SSSR count). The van der Waals surface area contributed by atoms with Crippen LogP contribution >= 0.6 is 0 Å².